The van der Waals surface area contributed by atoms with Crippen LogP contribution in [0.5, 0.6) is 0 Å². The maximum Gasteiger partial charge on any atom is 0.154 e. The van der Waals surface area contributed by atoms with E-state index in [0.717, 1.165) is 46.9 Å². The van der Waals surface area contributed by atoms with Crippen LogP contribution in [0.2, 0.25) is 10.0 Å². The number of fused-ring (bicyclic) bond motifs is 1. The summed E-state index contributed by atoms with van der Waals surface area (Å²) in [6.07, 6.45) is 1.00. The molecule has 0 saturated carbocycles. The van der Waals surface area contributed by atoms with E-state index in [1.807, 2.05) is 24.6 Å². The second-order valence-electron chi connectivity index (χ2n) is 5.04. The van der Waals surface area contributed by atoms with E-state index in [-0.39, 0.29) is 0 Å². The van der Waals surface area contributed by atoms with Gasteiger partial charge in [-0.3, -0.25) is 0 Å². The van der Waals surface area contributed by atoms with Crippen molar-refractivity contribution in [2.24, 2.45) is 0 Å². The van der Waals surface area contributed by atoms with Gasteiger partial charge in [0.25, 0.3) is 0 Å². The fourth-order valence-corrected chi connectivity index (χ4v) is 3.26. The molecule has 0 spiro atoms. The second-order valence-corrected chi connectivity index (χ2v) is 6.80. The van der Waals surface area contributed by atoms with Crippen LogP contribution in [0.25, 0.3) is 21.6 Å². The highest BCUT2D eigenvalue weighted by Crippen LogP contribution is 2.33. The molecule has 2 aromatic heterocycles. The minimum Gasteiger partial charge on any atom is -0.368 e. The lowest BCUT2D eigenvalue weighted by atomic mass is 10.2. The van der Waals surface area contributed by atoms with Crippen molar-refractivity contribution < 1.29 is 0 Å². The number of nitrogens with one attached hydrogen (secondary N) is 2. The third-order valence-electron chi connectivity index (χ3n) is 3.36. The van der Waals surface area contributed by atoms with Crippen molar-refractivity contribution in [2.75, 3.05) is 25.5 Å². The third-order valence-corrected chi connectivity index (χ3v) is 4.96. The maximum atomic E-state index is 6.10. The number of nitrogens with zero attached hydrogens (tertiary/aromatic N) is 2. The molecule has 0 aliphatic carbocycles. The Morgan fingerprint density at radius 1 is 1.09 bits per heavy atom. The first-order valence-electron chi connectivity index (χ1n) is 7.28. The van der Waals surface area contributed by atoms with Gasteiger partial charge in [-0.15, -0.1) is 11.3 Å². The molecule has 1 aromatic carbocycles. The molecule has 3 rings (SSSR count). The van der Waals surface area contributed by atoms with Gasteiger partial charge in [0.05, 0.1) is 26.0 Å². The largest absolute Gasteiger partial charge is 0.368 e. The van der Waals surface area contributed by atoms with Gasteiger partial charge in [0.15, 0.2) is 5.82 Å². The lowest BCUT2D eigenvalue weighted by molar-refractivity contribution is 0.747. The molecular weight excluding hydrogens is 351 g/mol. The molecule has 7 heteroatoms. The summed E-state index contributed by atoms with van der Waals surface area (Å²) in [4.78, 5) is 10.5. The Kier molecular flexibility index (Phi) is 5.33. The molecule has 0 aliphatic heterocycles. The van der Waals surface area contributed by atoms with E-state index < -0.39 is 0 Å². The Hall–Kier alpha value is -1.40. The van der Waals surface area contributed by atoms with Gasteiger partial charge < -0.3 is 10.6 Å². The second kappa shape index (κ2) is 7.45. The van der Waals surface area contributed by atoms with E-state index in [1.54, 1.807) is 23.5 Å². The number of anilines is 1. The Morgan fingerprint density at radius 2 is 1.83 bits per heavy atom. The van der Waals surface area contributed by atoms with Crippen LogP contribution in [0.15, 0.2) is 29.6 Å². The molecule has 4 nitrogen and oxygen atoms in total. The predicted molar refractivity (Wildman–Crippen MR) is 99.9 cm³/mol. The van der Waals surface area contributed by atoms with Crippen molar-refractivity contribution in [1.82, 2.24) is 15.3 Å². The molecule has 0 amide bonds. The first kappa shape index (κ1) is 16.5. The van der Waals surface area contributed by atoms with Crippen LogP contribution in [0.1, 0.15) is 6.42 Å². The minimum absolute atomic E-state index is 0.485. The predicted octanol–water partition coefficient (Wildman–Crippen LogP) is 4.69. The standard InChI is InChI=1S/C16H16Cl2N4S/c1-19-5-3-6-20-16-15(14-4-2-7-23-14)21-12-8-10(17)11(18)9-13(12)22-16/h2,4,7-9,19H,3,5-6H2,1H3,(H,20,22). The van der Waals surface area contributed by atoms with E-state index in [9.17, 15) is 0 Å². The number of thiophene rings is 1. The minimum atomic E-state index is 0.485. The van der Waals surface area contributed by atoms with Crippen molar-refractivity contribution in [3.8, 4) is 10.6 Å². The summed E-state index contributed by atoms with van der Waals surface area (Å²) in [5.74, 6) is 0.773. The summed E-state index contributed by atoms with van der Waals surface area (Å²) in [7, 11) is 1.94. The fraction of sp³-hybridized carbons (Fsp3) is 0.250. The van der Waals surface area contributed by atoms with Gasteiger partial charge >= 0.3 is 0 Å². The van der Waals surface area contributed by atoms with Gasteiger partial charge in [-0.25, -0.2) is 9.97 Å². The number of hydrogen-bond acceptors (Lipinski definition) is 5. The number of hydrogen-bond donors (Lipinski definition) is 2. The summed E-state index contributed by atoms with van der Waals surface area (Å²) in [5.41, 5.74) is 2.31. The Balaban J connectivity index is 2.03. The lowest BCUT2D eigenvalue weighted by Gasteiger charge is -2.11. The number of halogens is 2. The van der Waals surface area contributed by atoms with Crippen LogP contribution in [0, 0.1) is 0 Å². The molecule has 2 N–H and O–H groups in total. The molecule has 0 radical (unpaired) electrons. The lowest BCUT2D eigenvalue weighted by Crippen LogP contribution is -2.14. The molecule has 0 unspecified atom stereocenters. The van der Waals surface area contributed by atoms with Crippen molar-refractivity contribution >= 4 is 51.4 Å². The highest BCUT2D eigenvalue weighted by atomic mass is 35.5. The third kappa shape index (κ3) is 3.75. The van der Waals surface area contributed by atoms with Crippen LogP contribution in [0.3, 0.4) is 0 Å². The van der Waals surface area contributed by atoms with E-state index >= 15 is 0 Å². The summed E-state index contributed by atoms with van der Waals surface area (Å²) < 4.78 is 0. The Bertz CT molecular complexity index is 805. The summed E-state index contributed by atoms with van der Waals surface area (Å²) in [6, 6.07) is 7.56. The van der Waals surface area contributed by atoms with Gasteiger partial charge in [-0.1, -0.05) is 29.3 Å². The number of rotatable bonds is 6. The van der Waals surface area contributed by atoms with Crippen LogP contribution in [-0.2, 0) is 0 Å². The topological polar surface area (TPSA) is 49.8 Å². The summed E-state index contributed by atoms with van der Waals surface area (Å²) >= 11 is 13.8. The molecule has 0 fully saturated rings. The van der Waals surface area contributed by atoms with E-state index in [1.165, 1.54) is 0 Å². The highest BCUT2D eigenvalue weighted by molar-refractivity contribution is 7.13. The fourth-order valence-electron chi connectivity index (χ4n) is 2.23. The molecule has 120 valence electrons. The van der Waals surface area contributed by atoms with Gasteiger partial charge in [0, 0.05) is 6.54 Å². The smallest absolute Gasteiger partial charge is 0.154 e. The Morgan fingerprint density at radius 3 is 2.48 bits per heavy atom. The summed E-state index contributed by atoms with van der Waals surface area (Å²) in [5, 5.41) is 9.51. The zero-order valence-electron chi connectivity index (χ0n) is 12.6. The molecule has 3 aromatic rings. The van der Waals surface area contributed by atoms with Gasteiger partial charge in [-0.05, 0) is 43.6 Å². The van der Waals surface area contributed by atoms with Crippen LogP contribution in [-0.4, -0.2) is 30.1 Å². The first-order chi connectivity index (χ1) is 11.2. The van der Waals surface area contributed by atoms with Crippen molar-refractivity contribution in [2.45, 2.75) is 6.42 Å². The van der Waals surface area contributed by atoms with Crippen LogP contribution in [0.4, 0.5) is 5.82 Å². The zero-order chi connectivity index (χ0) is 16.2. The van der Waals surface area contributed by atoms with Crippen LogP contribution >= 0.6 is 34.5 Å². The molecule has 0 atom stereocenters. The molecule has 0 bridgehead atoms. The Labute approximate surface area is 148 Å². The molecule has 0 aliphatic rings. The van der Waals surface area contributed by atoms with Gasteiger partial charge in [0.1, 0.15) is 5.69 Å². The van der Waals surface area contributed by atoms with Crippen molar-refractivity contribution in [1.29, 1.82) is 0 Å². The van der Waals surface area contributed by atoms with Gasteiger partial charge in [-0.2, -0.15) is 0 Å². The normalized spacial score (nSPS) is 11.1. The zero-order valence-corrected chi connectivity index (χ0v) is 14.9. The van der Waals surface area contributed by atoms with E-state index in [2.05, 4.69) is 10.6 Å². The molecule has 0 saturated heterocycles. The molecule has 23 heavy (non-hydrogen) atoms. The SMILES string of the molecule is CNCCCNc1nc2cc(Cl)c(Cl)cc2nc1-c1cccs1. The van der Waals surface area contributed by atoms with Crippen LogP contribution < -0.4 is 10.6 Å². The molecular formula is C16H16Cl2N4S. The number of benzene rings is 1. The highest BCUT2D eigenvalue weighted by Gasteiger charge is 2.13. The van der Waals surface area contributed by atoms with Gasteiger partial charge in [0.2, 0.25) is 0 Å². The number of aromatic nitrogens is 2. The maximum absolute atomic E-state index is 6.10. The van der Waals surface area contributed by atoms with Crippen molar-refractivity contribution in [3.05, 3.63) is 39.7 Å². The average molecular weight is 367 g/mol. The monoisotopic (exact) mass is 366 g/mol. The molecule has 2 heterocycles. The van der Waals surface area contributed by atoms with Crippen molar-refractivity contribution in [3.63, 3.8) is 0 Å². The average Bonchev–Trinajstić information content (AvgIpc) is 3.06. The van der Waals surface area contributed by atoms with E-state index in [0.29, 0.717) is 10.0 Å². The first-order valence-corrected chi connectivity index (χ1v) is 8.91. The van der Waals surface area contributed by atoms with E-state index in [4.69, 9.17) is 33.2 Å². The quantitative estimate of drug-likeness (QED) is 0.621. The summed E-state index contributed by atoms with van der Waals surface area (Å²) in [6.45, 7) is 1.77.